The minimum atomic E-state index is 0.240. The van der Waals surface area contributed by atoms with Crippen molar-refractivity contribution in [2.75, 3.05) is 6.54 Å². The van der Waals surface area contributed by atoms with Gasteiger partial charge in [0.2, 0.25) is 0 Å². The zero-order valence-electron chi connectivity index (χ0n) is 11.0. The van der Waals surface area contributed by atoms with E-state index >= 15 is 0 Å². The van der Waals surface area contributed by atoms with Gasteiger partial charge in [-0.1, -0.05) is 36.6 Å². The van der Waals surface area contributed by atoms with Crippen LogP contribution in [-0.4, -0.2) is 26.3 Å². The SMILES string of the molecule is CCNC(C)c1nnc(-c2snnc2C(C)C)s1. The van der Waals surface area contributed by atoms with Crippen molar-refractivity contribution in [2.45, 2.75) is 39.7 Å². The Kier molecular flexibility index (Phi) is 4.36. The van der Waals surface area contributed by atoms with Crippen molar-refractivity contribution < 1.29 is 0 Å². The fraction of sp³-hybridized carbons (Fsp3) is 0.636. The highest BCUT2D eigenvalue weighted by Crippen LogP contribution is 2.33. The monoisotopic (exact) mass is 283 g/mol. The van der Waals surface area contributed by atoms with Gasteiger partial charge >= 0.3 is 0 Å². The van der Waals surface area contributed by atoms with Gasteiger partial charge in [-0.15, -0.1) is 15.3 Å². The van der Waals surface area contributed by atoms with Gasteiger partial charge in [0, 0.05) is 0 Å². The molecule has 1 N–H and O–H groups in total. The van der Waals surface area contributed by atoms with Crippen LogP contribution in [0.5, 0.6) is 0 Å². The number of rotatable bonds is 5. The number of nitrogens with zero attached hydrogens (tertiary/aromatic N) is 4. The highest BCUT2D eigenvalue weighted by atomic mass is 32.1. The minimum absolute atomic E-state index is 0.240. The third-order valence-corrected chi connectivity index (χ3v) is 4.58. The van der Waals surface area contributed by atoms with Crippen LogP contribution in [0, 0.1) is 0 Å². The van der Waals surface area contributed by atoms with E-state index < -0.39 is 0 Å². The lowest BCUT2D eigenvalue weighted by Crippen LogP contribution is -2.17. The Morgan fingerprint density at radius 2 is 1.94 bits per heavy atom. The molecule has 0 bridgehead atoms. The number of aromatic nitrogens is 4. The number of hydrogen-bond donors (Lipinski definition) is 1. The average molecular weight is 283 g/mol. The van der Waals surface area contributed by atoms with Crippen molar-refractivity contribution in [3.8, 4) is 9.88 Å². The molecule has 0 radical (unpaired) electrons. The topological polar surface area (TPSA) is 63.6 Å². The Balaban J connectivity index is 2.26. The van der Waals surface area contributed by atoms with Crippen LogP contribution in [0.4, 0.5) is 0 Å². The van der Waals surface area contributed by atoms with Gasteiger partial charge in [0.1, 0.15) is 9.88 Å². The first-order valence-electron chi connectivity index (χ1n) is 6.02. The smallest absolute Gasteiger partial charge is 0.161 e. The Labute approximate surface area is 115 Å². The first kappa shape index (κ1) is 13.5. The molecule has 1 atom stereocenters. The van der Waals surface area contributed by atoms with Crippen molar-refractivity contribution in [3.63, 3.8) is 0 Å². The summed E-state index contributed by atoms with van der Waals surface area (Å²) in [6, 6.07) is 0.240. The molecule has 0 spiro atoms. The van der Waals surface area contributed by atoms with Crippen molar-refractivity contribution in [3.05, 3.63) is 10.7 Å². The normalized spacial score (nSPS) is 13.2. The molecule has 0 aliphatic rings. The van der Waals surface area contributed by atoms with Gasteiger partial charge in [0.05, 0.1) is 11.7 Å². The third-order valence-electron chi connectivity index (χ3n) is 2.58. The quantitative estimate of drug-likeness (QED) is 0.914. The fourth-order valence-corrected chi connectivity index (χ4v) is 3.37. The van der Waals surface area contributed by atoms with E-state index in [0.29, 0.717) is 5.92 Å². The van der Waals surface area contributed by atoms with Crippen LogP contribution in [0.1, 0.15) is 50.4 Å². The van der Waals surface area contributed by atoms with E-state index in [-0.39, 0.29) is 6.04 Å². The highest BCUT2D eigenvalue weighted by molar-refractivity contribution is 7.19. The van der Waals surface area contributed by atoms with E-state index in [4.69, 9.17) is 0 Å². The van der Waals surface area contributed by atoms with Gasteiger partial charge in [0.25, 0.3) is 0 Å². The van der Waals surface area contributed by atoms with Gasteiger partial charge < -0.3 is 5.32 Å². The van der Waals surface area contributed by atoms with Gasteiger partial charge in [0.15, 0.2) is 5.01 Å². The van der Waals surface area contributed by atoms with E-state index in [9.17, 15) is 0 Å². The van der Waals surface area contributed by atoms with Crippen molar-refractivity contribution in [2.24, 2.45) is 0 Å². The number of nitrogens with one attached hydrogen (secondary N) is 1. The molecule has 98 valence electrons. The van der Waals surface area contributed by atoms with Crippen LogP contribution in [0.3, 0.4) is 0 Å². The molecule has 0 saturated heterocycles. The second-order valence-corrected chi connectivity index (χ2v) is 6.13. The Bertz CT molecular complexity index is 505. The molecule has 2 aromatic heterocycles. The molecule has 0 saturated carbocycles. The van der Waals surface area contributed by atoms with Gasteiger partial charge in [-0.25, -0.2) is 0 Å². The van der Waals surface area contributed by atoms with Crippen molar-refractivity contribution in [1.29, 1.82) is 0 Å². The first-order valence-corrected chi connectivity index (χ1v) is 7.61. The van der Waals surface area contributed by atoms with Gasteiger partial charge in [-0.3, -0.25) is 0 Å². The second-order valence-electron chi connectivity index (χ2n) is 4.37. The summed E-state index contributed by atoms with van der Waals surface area (Å²) in [6.45, 7) is 9.34. The molecule has 2 aromatic rings. The maximum absolute atomic E-state index is 4.26. The maximum atomic E-state index is 4.26. The van der Waals surface area contributed by atoms with Gasteiger partial charge in [-0.05, 0) is 30.9 Å². The highest BCUT2D eigenvalue weighted by Gasteiger charge is 2.19. The first-order chi connectivity index (χ1) is 8.63. The molecule has 0 fully saturated rings. The van der Waals surface area contributed by atoms with E-state index in [2.05, 4.69) is 52.8 Å². The molecule has 1 unspecified atom stereocenters. The average Bonchev–Trinajstić information content (AvgIpc) is 2.98. The summed E-state index contributed by atoms with van der Waals surface area (Å²) in [5.41, 5.74) is 1.01. The standard InChI is InChI=1S/C11H17N5S2/c1-5-12-7(4)10-14-15-11(17-10)9-8(6(2)3)13-16-18-9/h6-7,12H,5H2,1-4H3. The molecule has 18 heavy (non-hydrogen) atoms. The van der Waals surface area contributed by atoms with Crippen LogP contribution in [-0.2, 0) is 0 Å². The van der Waals surface area contributed by atoms with Crippen LogP contribution >= 0.6 is 22.9 Å². The largest absolute Gasteiger partial charge is 0.308 e. The van der Waals surface area contributed by atoms with E-state index in [1.54, 1.807) is 11.3 Å². The summed E-state index contributed by atoms with van der Waals surface area (Å²) in [4.78, 5) is 1.05. The molecule has 0 aliphatic carbocycles. The predicted molar refractivity (Wildman–Crippen MR) is 75.0 cm³/mol. The molecular formula is C11H17N5S2. The molecule has 2 heterocycles. The van der Waals surface area contributed by atoms with Crippen LogP contribution < -0.4 is 5.32 Å². The lowest BCUT2D eigenvalue weighted by molar-refractivity contribution is 0.590. The summed E-state index contributed by atoms with van der Waals surface area (Å²) >= 11 is 3.01. The lowest BCUT2D eigenvalue weighted by atomic mass is 10.1. The van der Waals surface area contributed by atoms with Crippen LogP contribution in [0.25, 0.3) is 9.88 Å². The summed E-state index contributed by atoms with van der Waals surface area (Å²) in [6.07, 6.45) is 0. The Morgan fingerprint density at radius 1 is 1.17 bits per heavy atom. The molecule has 7 heteroatoms. The predicted octanol–water partition coefficient (Wildman–Crippen LogP) is 2.85. The summed E-state index contributed by atoms with van der Waals surface area (Å²) in [5.74, 6) is 0.359. The number of hydrogen-bond acceptors (Lipinski definition) is 7. The zero-order chi connectivity index (χ0) is 13.1. The lowest BCUT2D eigenvalue weighted by Gasteiger charge is -2.06. The molecule has 0 amide bonds. The molecule has 0 aliphatic heterocycles. The van der Waals surface area contributed by atoms with Gasteiger partial charge in [-0.2, -0.15) is 0 Å². The Hall–Kier alpha value is -0.920. The van der Waals surface area contributed by atoms with E-state index in [1.807, 2.05) is 0 Å². The molecule has 2 rings (SSSR count). The van der Waals surface area contributed by atoms with Crippen LogP contribution in [0.2, 0.25) is 0 Å². The summed E-state index contributed by atoms with van der Waals surface area (Å²) in [5, 5.41) is 18.0. The van der Waals surface area contributed by atoms with Crippen molar-refractivity contribution in [1.82, 2.24) is 25.1 Å². The minimum Gasteiger partial charge on any atom is -0.308 e. The zero-order valence-corrected chi connectivity index (χ0v) is 12.6. The Morgan fingerprint density at radius 3 is 2.61 bits per heavy atom. The van der Waals surface area contributed by atoms with E-state index in [0.717, 1.165) is 27.1 Å². The van der Waals surface area contributed by atoms with Crippen LogP contribution in [0.15, 0.2) is 0 Å². The second kappa shape index (κ2) is 5.81. The summed E-state index contributed by atoms with van der Waals surface area (Å²) < 4.78 is 4.03. The fourth-order valence-electron chi connectivity index (χ4n) is 1.62. The third kappa shape index (κ3) is 2.73. The summed E-state index contributed by atoms with van der Waals surface area (Å²) in [7, 11) is 0. The molecular weight excluding hydrogens is 266 g/mol. The van der Waals surface area contributed by atoms with Crippen molar-refractivity contribution >= 4 is 22.9 Å². The maximum Gasteiger partial charge on any atom is 0.161 e. The molecule has 5 nitrogen and oxygen atoms in total. The van der Waals surface area contributed by atoms with E-state index in [1.165, 1.54) is 11.5 Å². The molecule has 0 aromatic carbocycles.